The lowest BCUT2D eigenvalue weighted by Gasteiger charge is -2.15. The number of nitrogens with zero attached hydrogens (tertiary/aromatic N) is 2. The van der Waals surface area contributed by atoms with Crippen molar-refractivity contribution in [3.8, 4) is 0 Å². The summed E-state index contributed by atoms with van der Waals surface area (Å²) in [6, 6.07) is 0. The Kier molecular flexibility index (Phi) is 4.56. The molecule has 0 amide bonds. The van der Waals surface area contributed by atoms with Crippen LogP contribution in [0.2, 0.25) is 0 Å². The minimum absolute atomic E-state index is 0.595. The Morgan fingerprint density at radius 2 is 1.89 bits per heavy atom. The van der Waals surface area contributed by atoms with Crippen LogP contribution in [0.25, 0.3) is 0 Å². The molecule has 18 heavy (non-hydrogen) atoms. The summed E-state index contributed by atoms with van der Waals surface area (Å²) in [5, 5.41) is 3.45. The van der Waals surface area contributed by atoms with Crippen molar-refractivity contribution < 1.29 is 0 Å². The Morgan fingerprint density at radius 1 is 1.17 bits per heavy atom. The third-order valence-electron chi connectivity index (χ3n) is 3.86. The van der Waals surface area contributed by atoms with Crippen LogP contribution in [-0.2, 0) is 6.42 Å². The molecule has 0 atom stereocenters. The van der Waals surface area contributed by atoms with Gasteiger partial charge in [0.05, 0.1) is 0 Å². The molecule has 1 aromatic rings. The SMILES string of the molecule is CCCNc1nc(C2CCCC2)nc(CC)c1C. The predicted molar refractivity (Wildman–Crippen MR) is 76.1 cm³/mol. The summed E-state index contributed by atoms with van der Waals surface area (Å²) in [7, 11) is 0. The fourth-order valence-electron chi connectivity index (χ4n) is 2.71. The second kappa shape index (κ2) is 6.17. The topological polar surface area (TPSA) is 37.8 Å². The molecular formula is C15H25N3. The predicted octanol–water partition coefficient (Wildman–Crippen LogP) is 3.83. The highest BCUT2D eigenvalue weighted by Gasteiger charge is 2.21. The standard InChI is InChI=1S/C15H25N3/c1-4-10-16-14-11(3)13(5-2)17-15(18-14)12-8-6-7-9-12/h12H,4-10H2,1-3H3,(H,16,17,18). The van der Waals surface area contributed by atoms with Crippen LogP contribution in [0.3, 0.4) is 0 Å². The second-order valence-electron chi connectivity index (χ2n) is 5.26. The zero-order chi connectivity index (χ0) is 13.0. The molecule has 2 rings (SSSR count). The van der Waals surface area contributed by atoms with Crippen LogP contribution < -0.4 is 5.32 Å². The number of aromatic nitrogens is 2. The lowest BCUT2D eigenvalue weighted by atomic mass is 10.1. The molecule has 1 aliphatic carbocycles. The highest BCUT2D eigenvalue weighted by Crippen LogP contribution is 2.33. The van der Waals surface area contributed by atoms with E-state index in [1.165, 1.54) is 36.9 Å². The third kappa shape index (κ3) is 2.82. The largest absolute Gasteiger partial charge is 0.370 e. The Labute approximate surface area is 110 Å². The Balaban J connectivity index is 2.29. The fraction of sp³-hybridized carbons (Fsp3) is 0.733. The smallest absolute Gasteiger partial charge is 0.134 e. The molecule has 0 spiro atoms. The minimum atomic E-state index is 0.595. The van der Waals surface area contributed by atoms with Crippen molar-refractivity contribution in [1.82, 2.24) is 9.97 Å². The molecule has 1 saturated carbocycles. The molecular weight excluding hydrogens is 222 g/mol. The maximum Gasteiger partial charge on any atom is 0.134 e. The van der Waals surface area contributed by atoms with Crippen LogP contribution in [0.5, 0.6) is 0 Å². The first-order valence-corrected chi connectivity index (χ1v) is 7.37. The zero-order valence-corrected chi connectivity index (χ0v) is 11.9. The van der Waals surface area contributed by atoms with Gasteiger partial charge in [-0.2, -0.15) is 0 Å². The molecule has 0 bridgehead atoms. The van der Waals surface area contributed by atoms with Crippen molar-refractivity contribution in [3.05, 3.63) is 17.1 Å². The van der Waals surface area contributed by atoms with Gasteiger partial charge >= 0.3 is 0 Å². The van der Waals surface area contributed by atoms with Crippen molar-refractivity contribution in [3.63, 3.8) is 0 Å². The van der Waals surface area contributed by atoms with E-state index in [0.29, 0.717) is 5.92 Å². The van der Waals surface area contributed by atoms with Gasteiger partial charge in [-0.3, -0.25) is 0 Å². The maximum atomic E-state index is 4.79. The van der Waals surface area contributed by atoms with E-state index < -0.39 is 0 Å². The van der Waals surface area contributed by atoms with E-state index in [1.54, 1.807) is 0 Å². The lowest BCUT2D eigenvalue weighted by molar-refractivity contribution is 0.659. The molecule has 1 N–H and O–H groups in total. The average molecular weight is 247 g/mol. The van der Waals surface area contributed by atoms with Crippen LogP contribution in [-0.4, -0.2) is 16.5 Å². The first-order valence-electron chi connectivity index (χ1n) is 7.37. The van der Waals surface area contributed by atoms with Crippen molar-refractivity contribution in [1.29, 1.82) is 0 Å². The van der Waals surface area contributed by atoms with Crippen LogP contribution in [0.15, 0.2) is 0 Å². The lowest BCUT2D eigenvalue weighted by Crippen LogP contribution is -2.12. The summed E-state index contributed by atoms with van der Waals surface area (Å²) >= 11 is 0. The average Bonchev–Trinajstić information content (AvgIpc) is 2.91. The van der Waals surface area contributed by atoms with E-state index in [2.05, 4.69) is 26.1 Å². The summed E-state index contributed by atoms with van der Waals surface area (Å²) < 4.78 is 0. The quantitative estimate of drug-likeness (QED) is 0.859. The third-order valence-corrected chi connectivity index (χ3v) is 3.86. The highest BCUT2D eigenvalue weighted by atomic mass is 15.0. The summed E-state index contributed by atoms with van der Waals surface area (Å²) in [6.45, 7) is 7.49. The van der Waals surface area contributed by atoms with Crippen molar-refractivity contribution in [2.24, 2.45) is 0 Å². The van der Waals surface area contributed by atoms with Crippen molar-refractivity contribution in [2.75, 3.05) is 11.9 Å². The van der Waals surface area contributed by atoms with Gasteiger partial charge in [0.25, 0.3) is 0 Å². The monoisotopic (exact) mass is 247 g/mol. The van der Waals surface area contributed by atoms with Gasteiger partial charge in [0.2, 0.25) is 0 Å². The van der Waals surface area contributed by atoms with E-state index in [1.807, 2.05) is 0 Å². The van der Waals surface area contributed by atoms with Crippen molar-refractivity contribution >= 4 is 5.82 Å². The van der Waals surface area contributed by atoms with Gasteiger partial charge in [-0.15, -0.1) is 0 Å². The first-order chi connectivity index (χ1) is 8.76. The molecule has 1 aliphatic rings. The van der Waals surface area contributed by atoms with Gasteiger partial charge in [-0.25, -0.2) is 9.97 Å². The van der Waals surface area contributed by atoms with Gasteiger partial charge in [-0.05, 0) is 32.6 Å². The first kappa shape index (κ1) is 13.3. The molecule has 0 aliphatic heterocycles. The highest BCUT2D eigenvalue weighted by molar-refractivity contribution is 5.46. The molecule has 0 radical (unpaired) electrons. The van der Waals surface area contributed by atoms with Crippen LogP contribution in [0.1, 0.15) is 69.0 Å². The van der Waals surface area contributed by atoms with Crippen LogP contribution in [0.4, 0.5) is 5.82 Å². The number of anilines is 1. The van der Waals surface area contributed by atoms with E-state index in [9.17, 15) is 0 Å². The molecule has 1 heterocycles. The zero-order valence-electron chi connectivity index (χ0n) is 11.9. The molecule has 3 heteroatoms. The van der Waals surface area contributed by atoms with Gasteiger partial charge in [-0.1, -0.05) is 26.7 Å². The molecule has 3 nitrogen and oxygen atoms in total. The minimum Gasteiger partial charge on any atom is -0.370 e. The summed E-state index contributed by atoms with van der Waals surface area (Å²) in [4.78, 5) is 9.57. The molecule has 1 aromatic heterocycles. The van der Waals surface area contributed by atoms with Gasteiger partial charge in [0.15, 0.2) is 0 Å². The summed E-state index contributed by atoms with van der Waals surface area (Å²) in [6.07, 6.45) is 7.32. The number of aryl methyl sites for hydroxylation is 1. The normalized spacial score (nSPS) is 16.2. The van der Waals surface area contributed by atoms with Gasteiger partial charge < -0.3 is 5.32 Å². The van der Waals surface area contributed by atoms with Gasteiger partial charge in [0.1, 0.15) is 11.6 Å². The molecule has 100 valence electrons. The van der Waals surface area contributed by atoms with E-state index in [-0.39, 0.29) is 0 Å². The van der Waals surface area contributed by atoms with E-state index >= 15 is 0 Å². The fourth-order valence-corrected chi connectivity index (χ4v) is 2.71. The van der Waals surface area contributed by atoms with Crippen LogP contribution >= 0.6 is 0 Å². The van der Waals surface area contributed by atoms with Crippen molar-refractivity contribution in [2.45, 2.75) is 65.2 Å². The number of nitrogens with one attached hydrogen (secondary N) is 1. The Hall–Kier alpha value is -1.12. The Bertz CT molecular complexity index is 395. The van der Waals surface area contributed by atoms with E-state index in [4.69, 9.17) is 9.97 Å². The molecule has 1 fully saturated rings. The van der Waals surface area contributed by atoms with Gasteiger partial charge in [0, 0.05) is 23.7 Å². The van der Waals surface area contributed by atoms with Crippen LogP contribution in [0, 0.1) is 6.92 Å². The Morgan fingerprint density at radius 3 is 2.50 bits per heavy atom. The number of hydrogen-bond donors (Lipinski definition) is 1. The summed E-state index contributed by atoms with van der Waals surface area (Å²) in [5.41, 5.74) is 2.44. The molecule has 0 unspecified atom stereocenters. The van der Waals surface area contributed by atoms with E-state index in [0.717, 1.165) is 31.0 Å². The number of rotatable bonds is 5. The number of hydrogen-bond acceptors (Lipinski definition) is 3. The maximum absolute atomic E-state index is 4.79. The summed E-state index contributed by atoms with van der Waals surface area (Å²) in [5.74, 6) is 2.73. The molecule has 0 aromatic carbocycles. The molecule has 0 saturated heterocycles. The second-order valence-corrected chi connectivity index (χ2v) is 5.26.